The summed E-state index contributed by atoms with van der Waals surface area (Å²) in [7, 11) is 0. The van der Waals surface area contributed by atoms with Gasteiger partial charge in [-0.05, 0) is 24.8 Å². The van der Waals surface area contributed by atoms with Crippen molar-refractivity contribution >= 4 is 6.29 Å². The molecule has 0 aromatic carbocycles. The molecule has 0 aliphatic carbocycles. The molecule has 1 aromatic rings. The summed E-state index contributed by atoms with van der Waals surface area (Å²) in [5.41, 5.74) is 1.23. The van der Waals surface area contributed by atoms with E-state index in [2.05, 4.69) is 16.9 Å². The molecule has 1 aromatic heterocycles. The first kappa shape index (κ1) is 14.8. The molecule has 0 aliphatic heterocycles. The number of hydrogen-bond acceptors (Lipinski definition) is 3. The van der Waals surface area contributed by atoms with Crippen LogP contribution in [-0.4, -0.2) is 16.3 Å². The minimum absolute atomic E-state index is 0.600. The van der Waals surface area contributed by atoms with Gasteiger partial charge in [-0.15, -0.1) is 0 Å². The summed E-state index contributed by atoms with van der Waals surface area (Å²) in [6.45, 7) is 2.23. The van der Waals surface area contributed by atoms with Gasteiger partial charge in [-0.1, -0.05) is 32.6 Å². The summed E-state index contributed by atoms with van der Waals surface area (Å²) in [6, 6.07) is 0. The van der Waals surface area contributed by atoms with Gasteiger partial charge in [0, 0.05) is 25.2 Å². The molecule has 0 spiro atoms. The third-order valence-electron chi connectivity index (χ3n) is 3.05. The Kier molecular flexibility index (Phi) is 8.02. The summed E-state index contributed by atoms with van der Waals surface area (Å²) >= 11 is 0. The molecule has 0 saturated heterocycles. The molecular formula is C15H24N2O. The average Bonchev–Trinajstić information content (AvgIpc) is 2.40. The third-order valence-corrected chi connectivity index (χ3v) is 3.05. The molecule has 0 bridgehead atoms. The van der Waals surface area contributed by atoms with Crippen molar-refractivity contribution in [2.75, 3.05) is 0 Å². The lowest BCUT2D eigenvalue weighted by Crippen LogP contribution is -1.97. The number of rotatable bonds is 10. The smallest absolute Gasteiger partial charge is 0.128 e. The lowest BCUT2D eigenvalue weighted by Gasteiger charge is -2.02. The molecular weight excluding hydrogens is 224 g/mol. The van der Waals surface area contributed by atoms with Crippen LogP contribution in [0.2, 0.25) is 0 Å². The van der Waals surface area contributed by atoms with Crippen LogP contribution in [0.15, 0.2) is 12.4 Å². The van der Waals surface area contributed by atoms with Crippen LogP contribution in [-0.2, 0) is 17.6 Å². The molecule has 3 nitrogen and oxygen atoms in total. The summed E-state index contributed by atoms with van der Waals surface area (Å²) < 4.78 is 0. The predicted octanol–water partition coefficient (Wildman–Crippen LogP) is 3.51. The van der Waals surface area contributed by atoms with Crippen molar-refractivity contribution in [1.29, 1.82) is 0 Å². The topological polar surface area (TPSA) is 42.9 Å². The van der Waals surface area contributed by atoms with Gasteiger partial charge in [0.2, 0.25) is 0 Å². The number of aldehydes is 1. The summed E-state index contributed by atoms with van der Waals surface area (Å²) in [4.78, 5) is 18.9. The molecule has 1 rings (SSSR count). The first-order chi connectivity index (χ1) is 8.86. The quantitative estimate of drug-likeness (QED) is 0.470. The Labute approximate surface area is 110 Å². The molecule has 18 heavy (non-hydrogen) atoms. The fourth-order valence-electron chi connectivity index (χ4n) is 1.92. The molecule has 0 N–H and O–H groups in total. The van der Waals surface area contributed by atoms with Gasteiger partial charge in [0.15, 0.2) is 0 Å². The Bertz CT molecular complexity index is 322. The summed E-state index contributed by atoms with van der Waals surface area (Å²) in [6.07, 6.45) is 14.6. The number of carbonyl (C=O) groups is 1. The molecule has 0 radical (unpaired) electrons. The van der Waals surface area contributed by atoms with Gasteiger partial charge in [-0.3, -0.25) is 0 Å². The van der Waals surface area contributed by atoms with E-state index < -0.39 is 0 Å². The molecule has 1 heterocycles. The predicted molar refractivity (Wildman–Crippen MR) is 73.5 cm³/mol. The minimum atomic E-state index is 0.600. The molecule has 0 saturated carbocycles. The van der Waals surface area contributed by atoms with Gasteiger partial charge in [0.05, 0.1) is 0 Å². The lowest BCUT2D eigenvalue weighted by atomic mass is 10.1. The van der Waals surface area contributed by atoms with Crippen molar-refractivity contribution in [3.63, 3.8) is 0 Å². The van der Waals surface area contributed by atoms with Gasteiger partial charge < -0.3 is 4.79 Å². The first-order valence-electron chi connectivity index (χ1n) is 7.10. The van der Waals surface area contributed by atoms with Gasteiger partial charge in [0.1, 0.15) is 12.1 Å². The fourth-order valence-corrected chi connectivity index (χ4v) is 1.92. The maximum Gasteiger partial charge on any atom is 0.128 e. The van der Waals surface area contributed by atoms with Gasteiger partial charge >= 0.3 is 0 Å². The van der Waals surface area contributed by atoms with E-state index in [0.717, 1.165) is 31.4 Å². The fraction of sp³-hybridized carbons (Fsp3) is 0.667. The largest absolute Gasteiger partial charge is 0.303 e. The van der Waals surface area contributed by atoms with Gasteiger partial charge in [-0.25, -0.2) is 9.97 Å². The van der Waals surface area contributed by atoms with E-state index in [-0.39, 0.29) is 0 Å². The van der Waals surface area contributed by atoms with Gasteiger partial charge in [-0.2, -0.15) is 0 Å². The second-order valence-corrected chi connectivity index (χ2v) is 4.73. The highest BCUT2D eigenvalue weighted by Crippen LogP contribution is 2.08. The van der Waals surface area contributed by atoms with Crippen LogP contribution in [0.1, 0.15) is 63.3 Å². The maximum absolute atomic E-state index is 10.2. The number of carbonyl (C=O) groups excluding carboxylic acids is 1. The van der Waals surface area contributed by atoms with Crippen molar-refractivity contribution in [2.24, 2.45) is 0 Å². The molecule has 0 amide bonds. The van der Waals surface area contributed by atoms with E-state index in [0.29, 0.717) is 6.42 Å². The van der Waals surface area contributed by atoms with E-state index in [9.17, 15) is 4.79 Å². The number of hydrogen-bond donors (Lipinski definition) is 0. The average molecular weight is 248 g/mol. The van der Waals surface area contributed by atoms with Crippen molar-refractivity contribution in [1.82, 2.24) is 9.97 Å². The monoisotopic (exact) mass is 248 g/mol. The minimum Gasteiger partial charge on any atom is -0.303 e. The van der Waals surface area contributed by atoms with E-state index in [1.807, 2.05) is 12.4 Å². The zero-order valence-corrected chi connectivity index (χ0v) is 11.4. The second-order valence-electron chi connectivity index (χ2n) is 4.73. The van der Waals surface area contributed by atoms with Crippen LogP contribution in [0.5, 0.6) is 0 Å². The standard InChI is InChI=1S/C15H24N2O/c1-2-3-4-5-6-9-14-12-16-15(17-13-14)10-7-8-11-18/h11-13H,2-10H2,1H3. The highest BCUT2D eigenvalue weighted by molar-refractivity contribution is 5.49. The molecule has 0 atom stereocenters. The normalized spacial score (nSPS) is 10.5. The van der Waals surface area contributed by atoms with Crippen molar-refractivity contribution in [3.8, 4) is 0 Å². The Balaban J connectivity index is 2.20. The molecule has 3 heteroatoms. The molecule has 0 unspecified atom stereocenters. The van der Waals surface area contributed by atoms with Crippen molar-refractivity contribution in [2.45, 2.75) is 64.7 Å². The van der Waals surface area contributed by atoms with Crippen LogP contribution in [0.3, 0.4) is 0 Å². The van der Waals surface area contributed by atoms with Crippen LogP contribution in [0.25, 0.3) is 0 Å². The maximum atomic E-state index is 10.2. The Morgan fingerprint density at radius 2 is 1.72 bits per heavy atom. The van der Waals surface area contributed by atoms with E-state index in [4.69, 9.17) is 0 Å². The second kappa shape index (κ2) is 9.75. The van der Waals surface area contributed by atoms with Crippen LogP contribution < -0.4 is 0 Å². The Morgan fingerprint density at radius 3 is 2.39 bits per heavy atom. The van der Waals surface area contributed by atoms with E-state index >= 15 is 0 Å². The zero-order valence-electron chi connectivity index (χ0n) is 11.4. The van der Waals surface area contributed by atoms with Crippen molar-refractivity contribution in [3.05, 3.63) is 23.8 Å². The Morgan fingerprint density at radius 1 is 1.00 bits per heavy atom. The number of nitrogens with zero attached hydrogens (tertiary/aromatic N) is 2. The molecule has 100 valence electrons. The van der Waals surface area contributed by atoms with Crippen LogP contribution >= 0.6 is 0 Å². The van der Waals surface area contributed by atoms with Gasteiger partial charge in [0.25, 0.3) is 0 Å². The third kappa shape index (κ3) is 6.48. The zero-order chi connectivity index (χ0) is 13.1. The van der Waals surface area contributed by atoms with Crippen LogP contribution in [0, 0.1) is 0 Å². The highest BCUT2D eigenvalue weighted by Gasteiger charge is 1.98. The number of aryl methyl sites for hydroxylation is 2. The van der Waals surface area contributed by atoms with Crippen LogP contribution in [0.4, 0.5) is 0 Å². The van der Waals surface area contributed by atoms with E-state index in [1.165, 1.54) is 37.7 Å². The summed E-state index contributed by atoms with van der Waals surface area (Å²) in [5, 5.41) is 0. The van der Waals surface area contributed by atoms with E-state index in [1.54, 1.807) is 0 Å². The van der Waals surface area contributed by atoms with Crippen molar-refractivity contribution < 1.29 is 4.79 Å². The molecule has 0 aliphatic rings. The number of aromatic nitrogens is 2. The lowest BCUT2D eigenvalue weighted by molar-refractivity contribution is -0.107. The first-order valence-corrected chi connectivity index (χ1v) is 7.10. The summed E-state index contributed by atoms with van der Waals surface area (Å²) in [5.74, 6) is 0.853. The SMILES string of the molecule is CCCCCCCc1cnc(CCCC=O)nc1. The highest BCUT2D eigenvalue weighted by atomic mass is 16.1. The number of unbranched alkanes of at least 4 members (excludes halogenated alkanes) is 5. The molecule has 0 fully saturated rings. The Hall–Kier alpha value is -1.25.